The number of hydrogen-bond acceptors (Lipinski definition) is 1. The molecule has 0 aliphatic rings. The Kier molecular flexibility index (Phi) is 2.58. The van der Waals surface area contributed by atoms with Gasteiger partial charge in [-0.15, -0.1) is 11.3 Å². The fraction of sp³-hybridized carbons (Fsp3) is 0. The van der Waals surface area contributed by atoms with Gasteiger partial charge < -0.3 is 0 Å². The third kappa shape index (κ3) is 1.88. The summed E-state index contributed by atoms with van der Waals surface area (Å²) in [5.41, 5.74) is 2.11. The number of hydrogen-bond donors (Lipinski definition) is 0. The van der Waals surface area contributed by atoms with E-state index in [1.165, 1.54) is 0 Å². The van der Waals surface area contributed by atoms with E-state index in [1.54, 1.807) is 17.4 Å². The quantitative estimate of drug-likeness (QED) is 0.673. The predicted molar refractivity (Wildman–Crippen MR) is 58.6 cm³/mol. The molecule has 13 heavy (non-hydrogen) atoms. The molecule has 0 aliphatic heterocycles. The highest BCUT2D eigenvalue weighted by molar-refractivity contribution is 7.07. The van der Waals surface area contributed by atoms with Crippen LogP contribution in [0.5, 0.6) is 0 Å². The highest BCUT2D eigenvalue weighted by atomic mass is 35.5. The number of benzene rings is 1. The number of thiophene rings is 1. The van der Waals surface area contributed by atoms with Crippen molar-refractivity contribution in [3.8, 4) is 11.1 Å². The van der Waals surface area contributed by atoms with Gasteiger partial charge in [0.15, 0.2) is 0 Å². The Labute approximate surface area is 90.7 Å². The van der Waals surface area contributed by atoms with Crippen molar-refractivity contribution in [1.82, 2.24) is 0 Å². The Balaban J connectivity index is 2.49. The van der Waals surface area contributed by atoms with Crippen LogP contribution in [0.3, 0.4) is 0 Å². The van der Waals surface area contributed by atoms with E-state index in [2.05, 4.69) is 5.38 Å². The molecule has 0 saturated heterocycles. The minimum atomic E-state index is 0.582. The molecule has 1 aromatic carbocycles. The molecular formula is C10H5Cl2S. The predicted octanol–water partition coefficient (Wildman–Crippen LogP) is 4.52. The first-order valence-corrected chi connectivity index (χ1v) is 5.31. The first-order valence-electron chi connectivity index (χ1n) is 3.68. The van der Waals surface area contributed by atoms with Crippen LogP contribution in [-0.4, -0.2) is 0 Å². The fourth-order valence-corrected chi connectivity index (χ4v) is 1.94. The van der Waals surface area contributed by atoms with E-state index in [4.69, 9.17) is 23.2 Å². The van der Waals surface area contributed by atoms with Crippen LogP contribution in [0.4, 0.5) is 0 Å². The maximum atomic E-state index is 5.89. The SMILES string of the molecule is Clc1ccc(-c2[c]scc2)cc1Cl. The summed E-state index contributed by atoms with van der Waals surface area (Å²) < 4.78 is 0. The molecule has 0 aliphatic carbocycles. The van der Waals surface area contributed by atoms with Crippen molar-refractivity contribution in [3.05, 3.63) is 45.1 Å². The molecule has 1 heterocycles. The Hall–Kier alpha value is -0.500. The van der Waals surface area contributed by atoms with Gasteiger partial charge in [-0.25, -0.2) is 0 Å². The Morgan fingerprint density at radius 3 is 2.54 bits per heavy atom. The molecule has 0 unspecified atom stereocenters. The topological polar surface area (TPSA) is 0 Å². The second-order valence-electron chi connectivity index (χ2n) is 2.57. The third-order valence-electron chi connectivity index (χ3n) is 1.70. The number of halogens is 2. The lowest BCUT2D eigenvalue weighted by Crippen LogP contribution is -1.74. The average molecular weight is 228 g/mol. The van der Waals surface area contributed by atoms with Crippen LogP contribution in [0.25, 0.3) is 11.1 Å². The summed E-state index contributed by atoms with van der Waals surface area (Å²) in [6, 6.07) is 7.59. The summed E-state index contributed by atoms with van der Waals surface area (Å²) >= 11 is 13.2. The van der Waals surface area contributed by atoms with Crippen molar-refractivity contribution in [2.75, 3.05) is 0 Å². The Morgan fingerprint density at radius 2 is 1.92 bits per heavy atom. The average Bonchev–Trinajstić information content (AvgIpc) is 2.62. The van der Waals surface area contributed by atoms with Gasteiger partial charge in [-0.05, 0) is 29.1 Å². The maximum absolute atomic E-state index is 5.89. The van der Waals surface area contributed by atoms with Crippen molar-refractivity contribution in [3.63, 3.8) is 0 Å². The first kappa shape index (κ1) is 9.07. The molecule has 3 heteroatoms. The van der Waals surface area contributed by atoms with Crippen LogP contribution in [0, 0.1) is 5.38 Å². The van der Waals surface area contributed by atoms with E-state index in [0.717, 1.165) is 11.1 Å². The van der Waals surface area contributed by atoms with Gasteiger partial charge in [-0.2, -0.15) is 0 Å². The zero-order chi connectivity index (χ0) is 9.26. The largest absolute Gasteiger partial charge is 0.142 e. The van der Waals surface area contributed by atoms with Crippen molar-refractivity contribution in [1.29, 1.82) is 0 Å². The number of rotatable bonds is 1. The first-order chi connectivity index (χ1) is 6.27. The minimum absolute atomic E-state index is 0.582. The van der Waals surface area contributed by atoms with E-state index in [9.17, 15) is 0 Å². The van der Waals surface area contributed by atoms with Crippen molar-refractivity contribution in [2.24, 2.45) is 0 Å². The van der Waals surface area contributed by atoms with E-state index < -0.39 is 0 Å². The van der Waals surface area contributed by atoms with Gasteiger partial charge in [-0.3, -0.25) is 0 Å². The molecule has 0 N–H and O–H groups in total. The second-order valence-corrected chi connectivity index (χ2v) is 4.09. The van der Waals surface area contributed by atoms with Crippen LogP contribution in [0.1, 0.15) is 0 Å². The van der Waals surface area contributed by atoms with Crippen LogP contribution in [0.15, 0.2) is 29.6 Å². The molecule has 0 fully saturated rings. The summed E-state index contributed by atoms with van der Waals surface area (Å²) in [5.74, 6) is 0. The van der Waals surface area contributed by atoms with Gasteiger partial charge in [0.1, 0.15) is 0 Å². The summed E-state index contributed by atoms with van der Waals surface area (Å²) in [5, 5.41) is 6.29. The van der Waals surface area contributed by atoms with Gasteiger partial charge in [0, 0.05) is 5.56 Å². The van der Waals surface area contributed by atoms with Gasteiger partial charge >= 0.3 is 0 Å². The normalized spacial score (nSPS) is 10.3. The lowest BCUT2D eigenvalue weighted by molar-refractivity contribution is 1.67. The standard InChI is InChI=1S/C10H5Cl2S/c11-9-2-1-7(5-10(9)12)8-3-4-13-6-8/h1-5H. The van der Waals surface area contributed by atoms with E-state index in [-0.39, 0.29) is 0 Å². The molecule has 0 nitrogen and oxygen atoms in total. The smallest absolute Gasteiger partial charge is 0.0598 e. The van der Waals surface area contributed by atoms with Crippen LogP contribution in [-0.2, 0) is 0 Å². The highest BCUT2D eigenvalue weighted by Gasteiger charge is 2.01. The van der Waals surface area contributed by atoms with E-state index in [0.29, 0.717) is 10.0 Å². The molecule has 2 rings (SSSR count). The molecular weight excluding hydrogens is 223 g/mol. The molecule has 0 spiro atoms. The van der Waals surface area contributed by atoms with Crippen molar-refractivity contribution >= 4 is 34.5 Å². The minimum Gasteiger partial charge on any atom is -0.142 e. The van der Waals surface area contributed by atoms with Crippen LogP contribution >= 0.6 is 34.5 Å². The third-order valence-corrected chi connectivity index (χ3v) is 3.05. The maximum Gasteiger partial charge on any atom is 0.0598 e. The van der Waals surface area contributed by atoms with E-state index in [1.807, 2.05) is 23.6 Å². The van der Waals surface area contributed by atoms with E-state index >= 15 is 0 Å². The zero-order valence-corrected chi connectivity index (χ0v) is 8.88. The molecule has 65 valence electrons. The van der Waals surface area contributed by atoms with Crippen molar-refractivity contribution in [2.45, 2.75) is 0 Å². The van der Waals surface area contributed by atoms with Gasteiger partial charge in [0.05, 0.1) is 15.4 Å². The summed E-state index contributed by atoms with van der Waals surface area (Å²) in [4.78, 5) is 0. The fourth-order valence-electron chi connectivity index (χ4n) is 1.05. The highest BCUT2D eigenvalue weighted by Crippen LogP contribution is 2.28. The summed E-state index contributed by atoms with van der Waals surface area (Å²) in [6.45, 7) is 0. The van der Waals surface area contributed by atoms with Gasteiger partial charge in [0.25, 0.3) is 0 Å². The van der Waals surface area contributed by atoms with Crippen LogP contribution < -0.4 is 0 Å². The van der Waals surface area contributed by atoms with Gasteiger partial charge in [-0.1, -0.05) is 29.3 Å². The lowest BCUT2D eigenvalue weighted by Gasteiger charge is -1.99. The second kappa shape index (κ2) is 3.70. The monoisotopic (exact) mass is 227 g/mol. The van der Waals surface area contributed by atoms with Crippen molar-refractivity contribution < 1.29 is 0 Å². The summed E-state index contributed by atoms with van der Waals surface area (Å²) in [6.07, 6.45) is 0. The van der Waals surface area contributed by atoms with Crippen LogP contribution in [0.2, 0.25) is 10.0 Å². The molecule has 1 radical (unpaired) electrons. The zero-order valence-electron chi connectivity index (χ0n) is 6.55. The molecule has 0 amide bonds. The summed E-state index contributed by atoms with van der Waals surface area (Å²) in [7, 11) is 0. The Bertz CT molecular complexity index is 407. The Morgan fingerprint density at radius 1 is 1.08 bits per heavy atom. The van der Waals surface area contributed by atoms with Gasteiger partial charge in [0.2, 0.25) is 0 Å². The molecule has 0 saturated carbocycles. The molecule has 0 atom stereocenters. The molecule has 1 aromatic heterocycles. The molecule has 2 aromatic rings. The molecule has 0 bridgehead atoms. The lowest BCUT2D eigenvalue weighted by atomic mass is 10.1.